The molecule has 0 spiro atoms. The standard InChI is InChI=1S/C17H24FNO3/c1-4-7-8-10-15(17(21)22-6-3)19-12-13(9-5-2)11-14(18)16(19)20/h5,11-12,15H,2,4,6-10H2,1,3H3. The number of nitrogens with zero attached hydrogens (tertiary/aromatic N) is 1. The Morgan fingerprint density at radius 2 is 2.18 bits per heavy atom. The Hall–Kier alpha value is -1.91. The van der Waals surface area contributed by atoms with Gasteiger partial charge in [-0.1, -0.05) is 32.3 Å². The fourth-order valence-corrected chi connectivity index (χ4v) is 2.33. The molecule has 0 aliphatic carbocycles. The molecule has 122 valence electrons. The highest BCUT2D eigenvalue weighted by Crippen LogP contribution is 2.18. The number of hydrogen-bond donors (Lipinski definition) is 0. The van der Waals surface area contributed by atoms with Crippen molar-refractivity contribution in [3.05, 3.63) is 46.7 Å². The Balaban J connectivity index is 3.18. The Kier molecular flexibility index (Phi) is 7.57. The summed E-state index contributed by atoms with van der Waals surface area (Å²) in [5.41, 5.74) is -0.181. The maximum atomic E-state index is 13.8. The zero-order valence-electron chi connectivity index (χ0n) is 13.3. The van der Waals surface area contributed by atoms with E-state index in [-0.39, 0.29) is 6.61 Å². The Morgan fingerprint density at radius 1 is 1.45 bits per heavy atom. The summed E-state index contributed by atoms with van der Waals surface area (Å²) >= 11 is 0. The fourth-order valence-electron chi connectivity index (χ4n) is 2.33. The van der Waals surface area contributed by atoms with Crippen molar-refractivity contribution in [2.24, 2.45) is 0 Å². The van der Waals surface area contributed by atoms with Crippen LogP contribution in [0, 0.1) is 5.82 Å². The normalized spacial score (nSPS) is 12.0. The van der Waals surface area contributed by atoms with Gasteiger partial charge in [-0.2, -0.15) is 0 Å². The van der Waals surface area contributed by atoms with Gasteiger partial charge in [-0.25, -0.2) is 9.18 Å². The third-order valence-electron chi connectivity index (χ3n) is 3.41. The molecule has 0 radical (unpaired) electrons. The van der Waals surface area contributed by atoms with Crippen molar-refractivity contribution in [1.82, 2.24) is 4.57 Å². The van der Waals surface area contributed by atoms with E-state index in [2.05, 4.69) is 13.5 Å². The molecule has 0 aliphatic rings. The van der Waals surface area contributed by atoms with Crippen LogP contribution in [0.5, 0.6) is 0 Å². The van der Waals surface area contributed by atoms with Crippen LogP contribution in [0.1, 0.15) is 51.1 Å². The van der Waals surface area contributed by atoms with Gasteiger partial charge < -0.3 is 4.74 Å². The number of allylic oxidation sites excluding steroid dienone is 1. The highest BCUT2D eigenvalue weighted by atomic mass is 19.1. The summed E-state index contributed by atoms with van der Waals surface area (Å²) in [4.78, 5) is 24.2. The van der Waals surface area contributed by atoms with Crippen LogP contribution in [-0.2, 0) is 16.0 Å². The molecule has 0 saturated heterocycles. The van der Waals surface area contributed by atoms with Crippen LogP contribution in [0.25, 0.3) is 0 Å². The van der Waals surface area contributed by atoms with Crippen molar-refractivity contribution in [3.63, 3.8) is 0 Å². The maximum Gasteiger partial charge on any atom is 0.329 e. The Bertz CT molecular complexity index is 566. The molecule has 1 rings (SSSR count). The number of aromatic nitrogens is 1. The highest BCUT2D eigenvalue weighted by molar-refractivity contribution is 5.74. The average Bonchev–Trinajstić information content (AvgIpc) is 2.48. The van der Waals surface area contributed by atoms with Gasteiger partial charge in [0.25, 0.3) is 5.56 Å². The van der Waals surface area contributed by atoms with Crippen molar-refractivity contribution >= 4 is 5.97 Å². The van der Waals surface area contributed by atoms with Crippen LogP contribution in [0.4, 0.5) is 4.39 Å². The molecule has 0 aliphatic heterocycles. The molecular weight excluding hydrogens is 285 g/mol. The number of esters is 1. The molecule has 1 aromatic rings. The third kappa shape index (κ3) is 4.83. The predicted octanol–water partition coefficient (Wildman–Crippen LogP) is 3.40. The summed E-state index contributed by atoms with van der Waals surface area (Å²) < 4.78 is 20.1. The molecule has 0 fully saturated rings. The second-order valence-electron chi connectivity index (χ2n) is 5.17. The monoisotopic (exact) mass is 309 g/mol. The number of ether oxygens (including phenoxy) is 1. The molecule has 0 saturated carbocycles. The smallest absolute Gasteiger partial charge is 0.329 e. The lowest BCUT2D eigenvalue weighted by Crippen LogP contribution is -2.33. The van der Waals surface area contributed by atoms with Crippen molar-refractivity contribution in [2.45, 2.75) is 52.0 Å². The summed E-state index contributed by atoms with van der Waals surface area (Å²) in [6.45, 7) is 7.59. The van der Waals surface area contributed by atoms with Gasteiger partial charge in [0.15, 0.2) is 5.82 Å². The lowest BCUT2D eigenvalue weighted by atomic mass is 10.1. The molecule has 1 unspecified atom stereocenters. The summed E-state index contributed by atoms with van der Waals surface area (Å²) in [7, 11) is 0. The summed E-state index contributed by atoms with van der Waals surface area (Å²) in [6.07, 6.45) is 6.76. The summed E-state index contributed by atoms with van der Waals surface area (Å²) in [5, 5.41) is 0. The van der Waals surface area contributed by atoms with Crippen LogP contribution in [0.15, 0.2) is 29.7 Å². The molecule has 4 nitrogen and oxygen atoms in total. The van der Waals surface area contributed by atoms with E-state index in [1.54, 1.807) is 13.0 Å². The van der Waals surface area contributed by atoms with E-state index < -0.39 is 23.4 Å². The van der Waals surface area contributed by atoms with Gasteiger partial charge in [0.2, 0.25) is 0 Å². The van der Waals surface area contributed by atoms with Gasteiger partial charge >= 0.3 is 5.97 Å². The van der Waals surface area contributed by atoms with E-state index in [0.717, 1.165) is 19.3 Å². The van der Waals surface area contributed by atoms with E-state index in [4.69, 9.17) is 4.74 Å². The lowest BCUT2D eigenvalue weighted by molar-refractivity contribution is -0.147. The zero-order chi connectivity index (χ0) is 16.5. The summed E-state index contributed by atoms with van der Waals surface area (Å²) in [5.74, 6) is -1.35. The first-order chi connectivity index (χ1) is 10.5. The van der Waals surface area contributed by atoms with Crippen molar-refractivity contribution in [3.8, 4) is 0 Å². The topological polar surface area (TPSA) is 48.3 Å². The molecular formula is C17H24FNO3. The van der Waals surface area contributed by atoms with E-state index in [0.29, 0.717) is 18.4 Å². The maximum absolute atomic E-state index is 13.8. The molecule has 0 aromatic carbocycles. The van der Waals surface area contributed by atoms with Gasteiger partial charge in [-0.15, -0.1) is 6.58 Å². The molecule has 1 heterocycles. The van der Waals surface area contributed by atoms with E-state index in [1.807, 2.05) is 0 Å². The lowest BCUT2D eigenvalue weighted by Gasteiger charge is -2.19. The Morgan fingerprint density at radius 3 is 2.77 bits per heavy atom. The molecule has 5 heteroatoms. The number of halogens is 1. The highest BCUT2D eigenvalue weighted by Gasteiger charge is 2.24. The number of rotatable bonds is 9. The summed E-state index contributed by atoms with van der Waals surface area (Å²) in [6, 6.07) is 0.410. The number of unbranched alkanes of at least 4 members (excludes halogenated alkanes) is 2. The van der Waals surface area contributed by atoms with Crippen molar-refractivity contribution in [2.75, 3.05) is 6.61 Å². The minimum Gasteiger partial charge on any atom is -0.464 e. The number of carbonyl (C=O) groups excluding carboxylic acids is 1. The number of carbonyl (C=O) groups is 1. The SMILES string of the molecule is C=CCc1cc(F)c(=O)n(C(CCCCC)C(=O)OCC)c1. The van der Waals surface area contributed by atoms with E-state index in [1.165, 1.54) is 16.8 Å². The average molecular weight is 309 g/mol. The van der Waals surface area contributed by atoms with E-state index in [9.17, 15) is 14.0 Å². The first-order valence-corrected chi connectivity index (χ1v) is 7.73. The molecule has 0 amide bonds. The largest absolute Gasteiger partial charge is 0.464 e. The fraction of sp³-hybridized carbons (Fsp3) is 0.529. The van der Waals surface area contributed by atoms with Gasteiger partial charge in [0.05, 0.1) is 6.61 Å². The first-order valence-electron chi connectivity index (χ1n) is 7.73. The van der Waals surface area contributed by atoms with Crippen molar-refractivity contribution in [1.29, 1.82) is 0 Å². The minimum absolute atomic E-state index is 0.229. The van der Waals surface area contributed by atoms with Crippen LogP contribution in [-0.4, -0.2) is 17.1 Å². The van der Waals surface area contributed by atoms with Gasteiger partial charge in [-0.05, 0) is 31.4 Å². The minimum atomic E-state index is -0.857. The second-order valence-corrected chi connectivity index (χ2v) is 5.17. The molecule has 0 N–H and O–H groups in total. The van der Waals surface area contributed by atoms with Crippen LogP contribution in [0.3, 0.4) is 0 Å². The van der Waals surface area contributed by atoms with Crippen LogP contribution >= 0.6 is 0 Å². The number of hydrogen-bond acceptors (Lipinski definition) is 3. The van der Waals surface area contributed by atoms with Gasteiger partial charge in [0.1, 0.15) is 6.04 Å². The molecule has 1 aromatic heterocycles. The van der Waals surface area contributed by atoms with Gasteiger partial charge in [-0.3, -0.25) is 9.36 Å². The third-order valence-corrected chi connectivity index (χ3v) is 3.41. The molecule has 22 heavy (non-hydrogen) atoms. The quantitative estimate of drug-likeness (QED) is 0.399. The second kappa shape index (κ2) is 9.18. The van der Waals surface area contributed by atoms with Crippen molar-refractivity contribution < 1.29 is 13.9 Å². The Labute approximate surface area is 130 Å². The first kappa shape index (κ1) is 18.1. The van der Waals surface area contributed by atoms with E-state index >= 15 is 0 Å². The van der Waals surface area contributed by atoms with Crippen LogP contribution < -0.4 is 5.56 Å². The zero-order valence-corrected chi connectivity index (χ0v) is 13.3. The van der Waals surface area contributed by atoms with Crippen LogP contribution in [0.2, 0.25) is 0 Å². The molecule has 0 bridgehead atoms. The van der Waals surface area contributed by atoms with Gasteiger partial charge in [0, 0.05) is 6.20 Å². The molecule has 1 atom stereocenters. The number of pyridine rings is 1. The predicted molar refractivity (Wildman–Crippen MR) is 84.4 cm³/mol.